The van der Waals surface area contributed by atoms with Crippen LogP contribution in [0.3, 0.4) is 0 Å². The molecule has 2 rings (SSSR count). The molecule has 0 bridgehead atoms. The third-order valence-corrected chi connectivity index (χ3v) is 5.38. The summed E-state index contributed by atoms with van der Waals surface area (Å²) >= 11 is 0. The van der Waals surface area contributed by atoms with Crippen LogP contribution in [-0.4, -0.2) is 44.9 Å². The van der Waals surface area contributed by atoms with E-state index in [9.17, 15) is 13.2 Å². The molecule has 20 heavy (non-hydrogen) atoms. The largest absolute Gasteiger partial charge is 0.496 e. The molecule has 1 amide bonds. The van der Waals surface area contributed by atoms with Crippen molar-refractivity contribution in [2.45, 2.75) is 24.8 Å². The van der Waals surface area contributed by atoms with Crippen LogP contribution in [0.25, 0.3) is 0 Å². The van der Waals surface area contributed by atoms with Gasteiger partial charge in [0.15, 0.2) is 0 Å². The molecule has 0 aromatic heterocycles. The molecule has 1 saturated heterocycles. The van der Waals surface area contributed by atoms with Crippen LogP contribution in [0.2, 0.25) is 0 Å². The number of methoxy groups -OCH3 is 1. The first kappa shape index (κ1) is 14.8. The number of nitrogens with one attached hydrogen (secondary N) is 1. The number of aryl methyl sites for hydroxylation is 1. The van der Waals surface area contributed by atoms with E-state index in [0.717, 1.165) is 5.56 Å². The maximum absolute atomic E-state index is 12.6. The standard InChI is InChI=1S/C13H18N2O4S/c1-9-8-11(4-5-12(9)19-3)20(17,18)15-7-6-14-13(16)10(15)2/h4-5,8,10H,6-7H2,1-3H3,(H,14,16). The number of carbonyl (C=O) groups excluding carboxylic acids is 1. The molecule has 1 unspecified atom stereocenters. The van der Waals surface area contributed by atoms with E-state index in [1.165, 1.54) is 17.5 Å². The highest BCUT2D eigenvalue weighted by atomic mass is 32.2. The minimum Gasteiger partial charge on any atom is -0.496 e. The Morgan fingerprint density at radius 2 is 2.10 bits per heavy atom. The van der Waals surface area contributed by atoms with Crippen molar-refractivity contribution < 1.29 is 17.9 Å². The number of nitrogens with zero attached hydrogens (tertiary/aromatic N) is 1. The van der Waals surface area contributed by atoms with E-state index >= 15 is 0 Å². The molecule has 0 aliphatic carbocycles. The van der Waals surface area contributed by atoms with Crippen LogP contribution in [-0.2, 0) is 14.8 Å². The first-order valence-corrected chi connectivity index (χ1v) is 7.76. The predicted molar refractivity (Wildman–Crippen MR) is 74.1 cm³/mol. The molecule has 1 fully saturated rings. The molecule has 1 aliphatic rings. The molecule has 1 atom stereocenters. The third-order valence-electron chi connectivity index (χ3n) is 3.42. The number of sulfonamides is 1. The second kappa shape index (κ2) is 5.41. The summed E-state index contributed by atoms with van der Waals surface area (Å²) in [6.45, 7) is 3.98. The molecule has 1 heterocycles. The number of rotatable bonds is 3. The zero-order chi connectivity index (χ0) is 14.9. The summed E-state index contributed by atoms with van der Waals surface area (Å²) in [6, 6.07) is 3.99. The first-order valence-electron chi connectivity index (χ1n) is 6.32. The lowest BCUT2D eigenvalue weighted by Crippen LogP contribution is -2.55. The number of hydrogen-bond donors (Lipinski definition) is 1. The Hall–Kier alpha value is -1.60. The van der Waals surface area contributed by atoms with Crippen LogP contribution in [0.1, 0.15) is 12.5 Å². The third kappa shape index (κ3) is 2.51. The Labute approximate surface area is 118 Å². The first-order chi connectivity index (χ1) is 9.37. The lowest BCUT2D eigenvalue weighted by atomic mass is 10.2. The number of piperazine rings is 1. The summed E-state index contributed by atoms with van der Waals surface area (Å²) in [5, 5.41) is 2.65. The number of ether oxygens (including phenoxy) is 1. The fourth-order valence-electron chi connectivity index (χ4n) is 2.24. The van der Waals surface area contributed by atoms with Crippen LogP contribution in [0.5, 0.6) is 5.75 Å². The van der Waals surface area contributed by atoms with E-state index < -0.39 is 16.1 Å². The summed E-state index contributed by atoms with van der Waals surface area (Å²) in [5.41, 5.74) is 0.739. The van der Waals surface area contributed by atoms with E-state index in [0.29, 0.717) is 12.3 Å². The van der Waals surface area contributed by atoms with Crippen molar-refractivity contribution in [2.24, 2.45) is 0 Å². The average Bonchev–Trinajstić information content (AvgIpc) is 2.41. The Kier molecular flexibility index (Phi) is 4.01. The van der Waals surface area contributed by atoms with Gasteiger partial charge in [0.25, 0.3) is 0 Å². The van der Waals surface area contributed by atoms with Crippen molar-refractivity contribution in [1.82, 2.24) is 9.62 Å². The highest BCUT2D eigenvalue weighted by Gasteiger charge is 2.35. The zero-order valence-corrected chi connectivity index (χ0v) is 12.5. The average molecular weight is 298 g/mol. The monoisotopic (exact) mass is 298 g/mol. The molecule has 110 valence electrons. The van der Waals surface area contributed by atoms with Crippen LogP contribution in [0.4, 0.5) is 0 Å². The van der Waals surface area contributed by atoms with Crippen molar-refractivity contribution in [3.05, 3.63) is 23.8 Å². The molecule has 6 nitrogen and oxygen atoms in total. The van der Waals surface area contributed by atoms with Crippen molar-refractivity contribution in [2.75, 3.05) is 20.2 Å². The molecule has 1 aromatic rings. The van der Waals surface area contributed by atoms with Crippen molar-refractivity contribution >= 4 is 15.9 Å². The minimum atomic E-state index is -3.67. The van der Waals surface area contributed by atoms with Gasteiger partial charge in [0.05, 0.1) is 12.0 Å². The van der Waals surface area contributed by atoms with Crippen LogP contribution >= 0.6 is 0 Å². The molecule has 1 N–H and O–H groups in total. The quantitative estimate of drug-likeness (QED) is 0.882. The number of amides is 1. The maximum atomic E-state index is 12.6. The fourth-order valence-corrected chi connectivity index (χ4v) is 3.92. The van der Waals surface area contributed by atoms with Crippen LogP contribution < -0.4 is 10.1 Å². The predicted octanol–water partition coefficient (Wildman–Crippen LogP) is 0.513. The maximum Gasteiger partial charge on any atom is 0.243 e. The lowest BCUT2D eigenvalue weighted by Gasteiger charge is -2.31. The minimum absolute atomic E-state index is 0.178. The normalized spacial score (nSPS) is 20.6. The lowest BCUT2D eigenvalue weighted by molar-refractivity contribution is -0.126. The SMILES string of the molecule is COc1ccc(S(=O)(=O)N2CCNC(=O)C2C)cc1C. The van der Waals surface area contributed by atoms with Gasteiger partial charge < -0.3 is 10.1 Å². The Morgan fingerprint density at radius 1 is 1.40 bits per heavy atom. The molecule has 0 radical (unpaired) electrons. The van der Waals surface area contributed by atoms with E-state index in [-0.39, 0.29) is 17.3 Å². The number of carbonyl (C=O) groups is 1. The number of benzene rings is 1. The summed E-state index contributed by atoms with van der Waals surface area (Å²) < 4.78 is 31.6. The Morgan fingerprint density at radius 3 is 2.70 bits per heavy atom. The Bertz CT molecular complexity index is 627. The number of hydrogen-bond acceptors (Lipinski definition) is 4. The smallest absolute Gasteiger partial charge is 0.243 e. The van der Waals surface area contributed by atoms with Crippen LogP contribution in [0.15, 0.2) is 23.1 Å². The van der Waals surface area contributed by atoms with Gasteiger partial charge in [0.2, 0.25) is 15.9 Å². The molecular weight excluding hydrogens is 280 g/mol. The van der Waals surface area contributed by atoms with E-state index in [1.54, 1.807) is 26.0 Å². The van der Waals surface area contributed by atoms with Gasteiger partial charge in [-0.05, 0) is 37.6 Å². The molecule has 7 heteroatoms. The van der Waals surface area contributed by atoms with Gasteiger partial charge >= 0.3 is 0 Å². The summed E-state index contributed by atoms with van der Waals surface area (Å²) in [7, 11) is -2.14. The Balaban J connectivity index is 2.39. The summed E-state index contributed by atoms with van der Waals surface area (Å²) in [4.78, 5) is 11.8. The fraction of sp³-hybridized carbons (Fsp3) is 0.462. The molecule has 0 spiro atoms. The van der Waals surface area contributed by atoms with E-state index in [1.807, 2.05) is 0 Å². The molecule has 1 aromatic carbocycles. The highest BCUT2D eigenvalue weighted by Crippen LogP contribution is 2.25. The van der Waals surface area contributed by atoms with Crippen molar-refractivity contribution in [1.29, 1.82) is 0 Å². The van der Waals surface area contributed by atoms with Gasteiger partial charge in [-0.25, -0.2) is 8.42 Å². The second-order valence-corrected chi connectivity index (χ2v) is 6.60. The van der Waals surface area contributed by atoms with Crippen LogP contribution in [0, 0.1) is 6.92 Å². The zero-order valence-electron chi connectivity index (χ0n) is 11.7. The van der Waals surface area contributed by atoms with E-state index in [2.05, 4.69) is 5.32 Å². The molecule has 0 saturated carbocycles. The van der Waals surface area contributed by atoms with Gasteiger partial charge in [0.1, 0.15) is 11.8 Å². The highest BCUT2D eigenvalue weighted by molar-refractivity contribution is 7.89. The van der Waals surface area contributed by atoms with Gasteiger partial charge in [-0.1, -0.05) is 0 Å². The van der Waals surface area contributed by atoms with Crippen molar-refractivity contribution in [3.8, 4) is 5.75 Å². The van der Waals surface area contributed by atoms with Gasteiger partial charge in [-0.2, -0.15) is 4.31 Å². The van der Waals surface area contributed by atoms with Gasteiger partial charge in [0, 0.05) is 13.1 Å². The van der Waals surface area contributed by atoms with E-state index in [4.69, 9.17) is 4.74 Å². The molecular formula is C13H18N2O4S. The molecule has 1 aliphatic heterocycles. The van der Waals surface area contributed by atoms with Gasteiger partial charge in [-0.15, -0.1) is 0 Å². The topological polar surface area (TPSA) is 75.7 Å². The second-order valence-electron chi connectivity index (χ2n) is 4.71. The van der Waals surface area contributed by atoms with Crippen molar-refractivity contribution in [3.63, 3.8) is 0 Å². The van der Waals surface area contributed by atoms with Gasteiger partial charge in [-0.3, -0.25) is 4.79 Å². The summed E-state index contributed by atoms with van der Waals surface area (Å²) in [5.74, 6) is 0.360. The summed E-state index contributed by atoms with van der Waals surface area (Å²) in [6.07, 6.45) is 0.